The summed E-state index contributed by atoms with van der Waals surface area (Å²) in [7, 11) is 2.19. The highest BCUT2D eigenvalue weighted by Gasteiger charge is 2.16. The highest BCUT2D eigenvalue weighted by molar-refractivity contribution is 4.94. The Morgan fingerprint density at radius 2 is 1.74 bits per heavy atom. The van der Waals surface area contributed by atoms with E-state index < -0.39 is 0 Å². The first-order valence-electron chi connectivity index (χ1n) is 7.21. The minimum atomic E-state index is 0. The van der Waals surface area contributed by atoms with Crippen LogP contribution >= 0.6 is 0 Å². The molecule has 0 aromatic heterocycles. The minimum Gasteiger partial charge on any atom is -0.412 e. The maximum atomic E-state index is 8.69. The van der Waals surface area contributed by atoms with Crippen LogP contribution in [0.1, 0.15) is 59.3 Å². The third-order valence-electron chi connectivity index (χ3n) is 3.97. The van der Waals surface area contributed by atoms with Crippen molar-refractivity contribution in [2.24, 2.45) is 5.92 Å². The number of hydrogen-bond donors (Lipinski definition) is 1. The van der Waals surface area contributed by atoms with Crippen LogP contribution in [0.2, 0.25) is 0 Å². The molecule has 116 valence electrons. The molecular formula is C16H35NO2. The van der Waals surface area contributed by atoms with Crippen LogP contribution in [0.4, 0.5) is 0 Å². The van der Waals surface area contributed by atoms with Crippen molar-refractivity contribution in [3.8, 4) is 0 Å². The van der Waals surface area contributed by atoms with Crippen molar-refractivity contribution in [2.45, 2.75) is 65.3 Å². The highest BCUT2D eigenvalue weighted by Crippen LogP contribution is 2.22. The van der Waals surface area contributed by atoms with Crippen molar-refractivity contribution in [1.29, 1.82) is 0 Å². The summed E-state index contributed by atoms with van der Waals surface area (Å²) in [6.07, 6.45) is 13.7. The van der Waals surface area contributed by atoms with Gasteiger partial charge in [-0.3, -0.25) is 4.90 Å². The maximum Gasteiger partial charge on any atom is 0.0459 e. The van der Waals surface area contributed by atoms with Crippen LogP contribution in [-0.4, -0.2) is 41.7 Å². The first-order chi connectivity index (χ1) is 8.27. The van der Waals surface area contributed by atoms with Crippen molar-refractivity contribution in [1.82, 2.24) is 4.90 Å². The monoisotopic (exact) mass is 273 g/mol. The fraction of sp³-hybridized carbons (Fsp3) is 0.875. The molecule has 2 rings (SSSR count). The van der Waals surface area contributed by atoms with Crippen molar-refractivity contribution < 1.29 is 10.6 Å². The molecule has 0 aromatic rings. The van der Waals surface area contributed by atoms with E-state index in [0.717, 1.165) is 6.04 Å². The third kappa shape index (κ3) is 8.40. The molecule has 1 heterocycles. The van der Waals surface area contributed by atoms with Crippen molar-refractivity contribution in [3.63, 3.8) is 0 Å². The number of nitrogens with zero attached hydrogens (tertiary/aromatic N) is 1. The Bertz CT molecular complexity index is 213. The van der Waals surface area contributed by atoms with E-state index >= 15 is 0 Å². The molecule has 2 aliphatic rings. The van der Waals surface area contributed by atoms with Gasteiger partial charge in [-0.05, 0) is 52.1 Å². The highest BCUT2D eigenvalue weighted by atomic mass is 16.3. The molecule has 1 aliphatic carbocycles. The zero-order valence-corrected chi connectivity index (χ0v) is 12.1. The Kier molecular flexibility index (Phi) is 13.9. The van der Waals surface area contributed by atoms with Crippen LogP contribution in [0, 0.1) is 5.92 Å². The largest absolute Gasteiger partial charge is 0.412 e. The number of likely N-dealkylation sites (N-methyl/N-ethyl adjacent to an activating group) is 1. The quantitative estimate of drug-likeness (QED) is 0.786. The second kappa shape index (κ2) is 12.6. The number of aliphatic hydroxyl groups is 1. The summed E-state index contributed by atoms with van der Waals surface area (Å²) in [5.41, 5.74) is 0. The molecule has 19 heavy (non-hydrogen) atoms. The van der Waals surface area contributed by atoms with Gasteiger partial charge in [-0.15, -0.1) is 0 Å². The third-order valence-corrected chi connectivity index (χ3v) is 3.97. The van der Waals surface area contributed by atoms with Gasteiger partial charge in [-0.1, -0.05) is 38.8 Å². The molecule has 0 radical (unpaired) electrons. The molecule has 0 bridgehead atoms. The molecule has 2 fully saturated rings. The van der Waals surface area contributed by atoms with E-state index in [-0.39, 0.29) is 12.9 Å². The lowest BCUT2D eigenvalue weighted by molar-refractivity contribution is 0.190. The van der Waals surface area contributed by atoms with E-state index in [1.165, 1.54) is 51.5 Å². The van der Waals surface area contributed by atoms with Gasteiger partial charge in [0, 0.05) is 12.6 Å². The Morgan fingerprint density at radius 1 is 1.11 bits per heavy atom. The SMILES string of the molecule is C.C/C=C/C1CCCN1C.O.OCC1CCCCC1. The van der Waals surface area contributed by atoms with Crippen molar-refractivity contribution >= 4 is 0 Å². The van der Waals surface area contributed by atoms with Crippen LogP contribution in [0.25, 0.3) is 0 Å². The summed E-state index contributed by atoms with van der Waals surface area (Å²) in [5, 5.41) is 8.69. The van der Waals surface area contributed by atoms with Gasteiger partial charge in [-0.2, -0.15) is 0 Å². The Balaban J connectivity index is 0. The van der Waals surface area contributed by atoms with Crippen LogP contribution in [0.5, 0.6) is 0 Å². The Morgan fingerprint density at radius 3 is 2.11 bits per heavy atom. The van der Waals surface area contributed by atoms with Gasteiger partial charge in [0.2, 0.25) is 0 Å². The minimum absolute atomic E-state index is 0. The zero-order chi connectivity index (χ0) is 12.5. The van der Waals surface area contributed by atoms with Crippen molar-refractivity contribution in [2.75, 3.05) is 20.2 Å². The molecule has 3 heteroatoms. The topological polar surface area (TPSA) is 55.0 Å². The lowest BCUT2D eigenvalue weighted by Gasteiger charge is -2.18. The van der Waals surface area contributed by atoms with Gasteiger partial charge in [0.05, 0.1) is 0 Å². The van der Waals surface area contributed by atoms with E-state index in [1.807, 2.05) is 0 Å². The predicted octanol–water partition coefficient (Wildman–Crippen LogP) is 3.03. The van der Waals surface area contributed by atoms with E-state index in [1.54, 1.807) is 0 Å². The molecule has 0 spiro atoms. The molecule has 0 amide bonds. The van der Waals surface area contributed by atoms with Gasteiger partial charge >= 0.3 is 0 Å². The van der Waals surface area contributed by atoms with E-state index in [9.17, 15) is 0 Å². The molecule has 1 saturated heterocycles. The normalized spacial score (nSPS) is 24.3. The van der Waals surface area contributed by atoms with E-state index in [0.29, 0.717) is 12.5 Å². The van der Waals surface area contributed by atoms with Crippen molar-refractivity contribution in [3.05, 3.63) is 12.2 Å². The fourth-order valence-electron chi connectivity index (χ4n) is 2.77. The molecule has 1 atom stereocenters. The van der Waals surface area contributed by atoms with Crippen LogP contribution in [0.3, 0.4) is 0 Å². The molecular weight excluding hydrogens is 238 g/mol. The second-order valence-electron chi connectivity index (χ2n) is 5.40. The molecule has 1 saturated carbocycles. The average Bonchev–Trinajstić information content (AvgIpc) is 2.78. The fourth-order valence-corrected chi connectivity index (χ4v) is 2.77. The molecule has 0 aromatic carbocycles. The molecule has 1 aliphatic heterocycles. The second-order valence-corrected chi connectivity index (χ2v) is 5.40. The summed E-state index contributed by atoms with van der Waals surface area (Å²) < 4.78 is 0. The summed E-state index contributed by atoms with van der Waals surface area (Å²) in [4.78, 5) is 2.40. The first-order valence-corrected chi connectivity index (χ1v) is 7.21. The smallest absolute Gasteiger partial charge is 0.0459 e. The summed E-state index contributed by atoms with van der Waals surface area (Å²) in [6.45, 7) is 3.78. The first kappa shape index (κ1) is 20.9. The molecule has 3 nitrogen and oxygen atoms in total. The van der Waals surface area contributed by atoms with Gasteiger partial charge in [0.25, 0.3) is 0 Å². The van der Waals surface area contributed by atoms with E-state index in [4.69, 9.17) is 5.11 Å². The zero-order valence-electron chi connectivity index (χ0n) is 12.1. The standard InChI is InChI=1S/C8H15N.C7H14O.CH4.H2O/c1-3-5-8-6-4-7-9(8)2;8-6-7-4-2-1-3-5-7;;/h3,5,8H,4,6-7H2,1-2H3;7-8H,1-6H2;1H4;1H2/b5-3+;;;. The molecule has 3 N–H and O–H groups in total. The maximum absolute atomic E-state index is 8.69. The Hall–Kier alpha value is -0.380. The van der Waals surface area contributed by atoms with Gasteiger partial charge in [-0.25, -0.2) is 0 Å². The number of allylic oxidation sites excluding steroid dienone is 1. The number of hydrogen-bond acceptors (Lipinski definition) is 2. The summed E-state index contributed by atoms with van der Waals surface area (Å²) in [6, 6.07) is 0.731. The Labute approximate surface area is 120 Å². The summed E-state index contributed by atoms with van der Waals surface area (Å²) in [5.74, 6) is 0.642. The molecule has 1 unspecified atom stereocenters. The van der Waals surface area contributed by atoms with Crippen LogP contribution in [-0.2, 0) is 0 Å². The van der Waals surface area contributed by atoms with Gasteiger partial charge < -0.3 is 10.6 Å². The number of aliphatic hydroxyl groups excluding tert-OH is 1. The van der Waals surface area contributed by atoms with E-state index in [2.05, 4.69) is 31.0 Å². The summed E-state index contributed by atoms with van der Waals surface area (Å²) >= 11 is 0. The lowest BCUT2D eigenvalue weighted by atomic mass is 9.90. The van der Waals surface area contributed by atoms with Gasteiger partial charge in [0.15, 0.2) is 0 Å². The predicted molar refractivity (Wildman–Crippen MR) is 84.5 cm³/mol. The number of rotatable bonds is 2. The van der Waals surface area contributed by atoms with Crippen LogP contribution < -0.4 is 0 Å². The van der Waals surface area contributed by atoms with Gasteiger partial charge in [0.1, 0.15) is 0 Å². The average molecular weight is 273 g/mol. The lowest BCUT2D eigenvalue weighted by Crippen LogP contribution is -2.22. The number of likely N-dealkylation sites (tertiary alicyclic amines) is 1. The van der Waals surface area contributed by atoms with Crippen LogP contribution in [0.15, 0.2) is 12.2 Å².